The molecule has 1 aliphatic heterocycles. The maximum absolute atomic E-state index is 13.9. The number of nitrogens with zero attached hydrogens (tertiary/aromatic N) is 2. The molecule has 10 heteroatoms. The average molecular weight is 553 g/mol. The van der Waals surface area contributed by atoms with Crippen molar-refractivity contribution in [1.82, 2.24) is 9.80 Å². The monoisotopic (exact) mass is 552 g/mol. The van der Waals surface area contributed by atoms with E-state index in [0.29, 0.717) is 35.8 Å². The third-order valence-electron chi connectivity index (χ3n) is 7.61. The van der Waals surface area contributed by atoms with Crippen LogP contribution in [0.4, 0.5) is 13.2 Å². The number of likely N-dealkylation sites (tertiary alicyclic amines) is 1. The zero-order valence-electron chi connectivity index (χ0n) is 21.4. The summed E-state index contributed by atoms with van der Waals surface area (Å²) < 4.78 is 47.7. The van der Waals surface area contributed by atoms with Gasteiger partial charge in [-0.3, -0.25) is 9.59 Å². The normalized spacial score (nSPS) is 19.0. The van der Waals surface area contributed by atoms with Crippen molar-refractivity contribution in [2.45, 2.75) is 43.9 Å². The third-order valence-corrected chi connectivity index (χ3v) is 7.93. The van der Waals surface area contributed by atoms with Crippen LogP contribution in [0.3, 0.4) is 0 Å². The highest BCUT2D eigenvalue weighted by Crippen LogP contribution is 2.52. The number of aliphatic hydroxyl groups is 1. The molecule has 206 valence electrons. The van der Waals surface area contributed by atoms with E-state index < -0.39 is 23.2 Å². The Morgan fingerprint density at radius 1 is 1.11 bits per heavy atom. The number of amides is 2. The first kappa shape index (κ1) is 28.2. The van der Waals surface area contributed by atoms with E-state index in [9.17, 15) is 27.9 Å². The zero-order chi connectivity index (χ0) is 27.7. The molecule has 0 unspecified atom stereocenters. The van der Waals surface area contributed by atoms with Crippen LogP contribution in [-0.2, 0) is 10.4 Å². The molecule has 2 amide bonds. The smallest absolute Gasteiger partial charge is 0.430 e. The second kappa shape index (κ2) is 10.8. The van der Waals surface area contributed by atoms with E-state index in [2.05, 4.69) is 0 Å². The summed E-state index contributed by atoms with van der Waals surface area (Å²) in [5.74, 6) is -0.705. The lowest BCUT2D eigenvalue weighted by atomic mass is 9.84. The van der Waals surface area contributed by atoms with Gasteiger partial charge in [0.25, 0.3) is 17.4 Å². The summed E-state index contributed by atoms with van der Waals surface area (Å²) in [6.45, 7) is 0.788. The summed E-state index contributed by atoms with van der Waals surface area (Å²) >= 11 is 6.28. The molecule has 2 aromatic carbocycles. The molecule has 1 aliphatic carbocycles. The Bertz CT molecular complexity index is 1160. The van der Waals surface area contributed by atoms with Crippen LogP contribution in [-0.4, -0.2) is 66.7 Å². The molecule has 6 nitrogen and oxygen atoms in total. The number of rotatable bonds is 8. The van der Waals surface area contributed by atoms with Crippen LogP contribution in [0, 0.1) is 11.3 Å². The standard InChI is InChI=1S/C28H32ClF3N2O4/c1-33(2)24(35)22-9-8-21(16-23(22)29)38-18-26(12-13-26)17-19-10-14-34(15-11-19)25(36)27(37,28(30,31)32)20-6-4-3-5-7-20/h3-9,16,19,37H,10-15,17-18H2,1-2H3/t27-/m1/s1. The molecule has 38 heavy (non-hydrogen) atoms. The number of alkyl halides is 3. The fraction of sp³-hybridized carbons (Fsp3) is 0.500. The Morgan fingerprint density at radius 2 is 1.74 bits per heavy atom. The molecule has 1 N–H and O–H groups in total. The number of hydrogen-bond acceptors (Lipinski definition) is 4. The van der Waals surface area contributed by atoms with Crippen molar-refractivity contribution in [2.75, 3.05) is 33.8 Å². The number of halogens is 4. The van der Waals surface area contributed by atoms with Crippen LogP contribution in [0.25, 0.3) is 0 Å². The van der Waals surface area contributed by atoms with Crippen molar-refractivity contribution in [3.8, 4) is 5.75 Å². The minimum absolute atomic E-state index is 0.0157. The Labute approximate surface area is 225 Å². The maximum Gasteiger partial charge on any atom is 0.430 e. The SMILES string of the molecule is CN(C)C(=O)c1ccc(OCC2(CC3CCN(C(=O)[C@](O)(c4ccccc4)C(F)(F)F)CC3)CC2)cc1Cl. The van der Waals surface area contributed by atoms with Crippen LogP contribution in [0.15, 0.2) is 48.5 Å². The minimum Gasteiger partial charge on any atom is -0.493 e. The molecule has 2 aliphatic rings. The van der Waals surface area contributed by atoms with E-state index in [1.54, 1.807) is 32.3 Å². The lowest BCUT2D eigenvalue weighted by Crippen LogP contribution is -2.57. The molecule has 2 fully saturated rings. The lowest BCUT2D eigenvalue weighted by Gasteiger charge is -2.39. The second-order valence-electron chi connectivity index (χ2n) is 10.6. The number of carbonyl (C=O) groups is 2. The zero-order valence-corrected chi connectivity index (χ0v) is 22.2. The Kier molecular flexibility index (Phi) is 8.00. The average Bonchev–Trinajstić information content (AvgIpc) is 3.66. The van der Waals surface area contributed by atoms with E-state index in [0.717, 1.165) is 36.3 Å². The molecule has 0 bridgehead atoms. The molecule has 0 aromatic heterocycles. The molecule has 1 saturated carbocycles. The van der Waals surface area contributed by atoms with Gasteiger partial charge in [-0.25, -0.2) is 0 Å². The summed E-state index contributed by atoms with van der Waals surface area (Å²) in [5, 5.41) is 10.9. The maximum atomic E-state index is 13.9. The fourth-order valence-electron chi connectivity index (χ4n) is 5.09. The molecule has 0 spiro atoms. The van der Waals surface area contributed by atoms with E-state index in [1.807, 2.05) is 0 Å². The van der Waals surface area contributed by atoms with Crippen LogP contribution in [0.2, 0.25) is 5.02 Å². The number of benzene rings is 2. The molecule has 4 rings (SSSR count). The van der Waals surface area contributed by atoms with Crippen molar-refractivity contribution in [3.63, 3.8) is 0 Å². The first-order chi connectivity index (χ1) is 17.9. The predicted molar refractivity (Wildman–Crippen MR) is 137 cm³/mol. The van der Waals surface area contributed by atoms with Gasteiger partial charge in [0.15, 0.2) is 0 Å². The van der Waals surface area contributed by atoms with Gasteiger partial charge in [0, 0.05) is 38.2 Å². The molecular formula is C28H32ClF3N2O4. The lowest BCUT2D eigenvalue weighted by molar-refractivity contribution is -0.262. The molecular weight excluding hydrogens is 521 g/mol. The van der Waals surface area contributed by atoms with Crippen molar-refractivity contribution < 1.29 is 32.6 Å². The van der Waals surface area contributed by atoms with Crippen LogP contribution in [0.5, 0.6) is 5.75 Å². The van der Waals surface area contributed by atoms with Gasteiger partial charge in [-0.1, -0.05) is 41.9 Å². The van der Waals surface area contributed by atoms with E-state index in [4.69, 9.17) is 16.3 Å². The van der Waals surface area contributed by atoms with E-state index in [-0.39, 0.29) is 30.3 Å². The largest absolute Gasteiger partial charge is 0.493 e. The number of piperidine rings is 1. The quantitative estimate of drug-likeness (QED) is 0.484. The van der Waals surface area contributed by atoms with Crippen molar-refractivity contribution >= 4 is 23.4 Å². The van der Waals surface area contributed by atoms with Gasteiger partial charge in [-0.05, 0) is 56.2 Å². The Balaban J connectivity index is 1.33. The van der Waals surface area contributed by atoms with Crippen LogP contribution in [0.1, 0.15) is 48.0 Å². The highest BCUT2D eigenvalue weighted by Gasteiger charge is 2.62. The summed E-state index contributed by atoms with van der Waals surface area (Å²) in [6, 6.07) is 11.5. The van der Waals surface area contributed by atoms with E-state index in [1.165, 1.54) is 23.1 Å². The highest BCUT2D eigenvalue weighted by molar-refractivity contribution is 6.34. The number of carbonyl (C=O) groups excluding carboxylic acids is 2. The van der Waals surface area contributed by atoms with Crippen molar-refractivity contribution in [2.24, 2.45) is 11.3 Å². The molecule has 0 radical (unpaired) electrons. The molecule has 2 aromatic rings. The van der Waals surface area contributed by atoms with Crippen molar-refractivity contribution in [1.29, 1.82) is 0 Å². The second-order valence-corrected chi connectivity index (χ2v) is 11.1. The van der Waals surface area contributed by atoms with Gasteiger partial charge in [-0.2, -0.15) is 13.2 Å². The Hall–Kier alpha value is -2.78. The van der Waals surface area contributed by atoms with Crippen LogP contribution >= 0.6 is 11.6 Å². The summed E-state index contributed by atoms with van der Waals surface area (Å²) in [6.07, 6.45) is -1.20. The molecule has 1 heterocycles. The summed E-state index contributed by atoms with van der Waals surface area (Å²) in [4.78, 5) is 27.7. The summed E-state index contributed by atoms with van der Waals surface area (Å²) in [5.41, 5.74) is -3.66. The van der Waals surface area contributed by atoms with Gasteiger partial charge in [0.1, 0.15) is 5.75 Å². The van der Waals surface area contributed by atoms with Gasteiger partial charge < -0.3 is 19.6 Å². The van der Waals surface area contributed by atoms with Gasteiger partial charge in [-0.15, -0.1) is 0 Å². The van der Waals surface area contributed by atoms with Gasteiger partial charge in [0.05, 0.1) is 17.2 Å². The third kappa shape index (κ3) is 5.78. The van der Waals surface area contributed by atoms with E-state index >= 15 is 0 Å². The van der Waals surface area contributed by atoms with Crippen molar-refractivity contribution in [3.05, 3.63) is 64.7 Å². The molecule has 1 saturated heterocycles. The molecule has 1 atom stereocenters. The first-order valence-corrected chi connectivity index (χ1v) is 13.0. The van der Waals surface area contributed by atoms with Crippen LogP contribution < -0.4 is 4.74 Å². The topological polar surface area (TPSA) is 70.1 Å². The first-order valence-electron chi connectivity index (χ1n) is 12.6. The Morgan fingerprint density at radius 3 is 2.26 bits per heavy atom. The van der Waals surface area contributed by atoms with Gasteiger partial charge in [0.2, 0.25) is 0 Å². The number of hydrogen-bond donors (Lipinski definition) is 1. The highest BCUT2D eigenvalue weighted by atomic mass is 35.5. The fourth-order valence-corrected chi connectivity index (χ4v) is 5.34. The summed E-state index contributed by atoms with van der Waals surface area (Å²) in [7, 11) is 3.31. The minimum atomic E-state index is -5.14. The predicted octanol–water partition coefficient (Wildman–Crippen LogP) is 5.28. The van der Waals surface area contributed by atoms with Gasteiger partial charge >= 0.3 is 6.18 Å². The number of ether oxygens (including phenoxy) is 1.